The zero-order chi connectivity index (χ0) is 16.1. The lowest BCUT2D eigenvalue weighted by molar-refractivity contribution is -0.129. The van der Waals surface area contributed by atoms with E-state index in [1.807, 2.05) is 0 Å². The molecule has 0 saturated carbocycles. The summed E-state index contributed by atoms with van der Waals surface area (Å²) in [6, 6.07) is 5.52. The minimum Gasteiger partial charge on any atom is -0.447 e. The number of rotatable bonds is 5. The molecule has 1 saturated heterocycles. The van der Waals surface area contributed by atoms with Crippen molar-refractivity contribution in [2.24, 2.45) is 0 Å². The Balaban J connectivity index is 1.81. The highest BCUT2D eigenvalue weighted by molar-refractivity contribution is 5.95. The predicted molar refractivity (Wildman–Crippen MR) is 75.6 cm³/mol. The van der Waals surface area contributed by atoms with Crippen LogP contribution in [-0.2, 0) is 14.3 Å². The molecule has 0 bridgehead atoms. The minimum atomic E-state index is -0.664. The first kappa shape index (κ1) is 15.9. The number of carbonyl (C=O) groups is 3. The van der Waals surface area contributed by atoms with Crippen LogP contribution in [0.25, 0.3) is 0 Å². The fourth-order valence-electron chi connectivity index (χ4n) is 2.00. The SMILES string of the molecule is CN(CC(=O)Nc1cccc(F)c1)CC(=O)N1CCOC1=O. The van der Waals surface area contributed by atoms with Crippen LogP contribution in [0, 0.1) is 5.82 Å². The number of cyclic esters (lactones) is 1. The maximum Gasteiger partial charge on any atom is 0.416 e. The largest absolute Gasteiger partial charge is 0.447 e. The van der Waals surface area contributed by atoms with E-state index >= 15 is 0 Å². The molecule has 1 heterocycles. The molecule has 1 aliphatic heterocycles. The molecule has 1 aliphatic rings. The van der Waals surface area contributed by atoms with Gasteiger partial charge in [-0.25, -0.2) is 14.1 Å². The van der Waals surface area contributed by atoms with E-state index in [1.54, 1.807) is 13.1 Å². The summed E-state index contributed by atoms with van der Waals surface area (Å²) in [6.45, 7) is 0.256. The van der Waals surface area contributed by atoms with Gasteiger partial charge in [0.1, 0.15) is 12.4 Å². The topological polar surface area (TPSA) is 79.0 Å². The average Bonchev–Trinajstić information content (AvgIpc) is 2.84. The third kappa shape index (κ3) is 4.26. The van der Waals surface area contributed by atoms with Gasteiger partial charge in [-0.15, -0.1) is 0 Å². The molecule has 1 aromatic rings. The lowest BCUT2D eigenvalue weighted by atomic mass is 10.3. The van der Waals surface area contributed by atoms with Gasteiger partial charge in [-0.05, 0) is 25.2 Å². The van der Waals surface area contributed by atoms with Crippen molar-refractivity contribution >= 4 is 23.6 Å². The van der Waals surface area contributed by atoms with Gasteiger partial charge in [0.2, 0.25) is 11.8 Å². The number of carbonyl (C=O) groups excluding carboxylic acids is 3. The Hall–Kier alpha value is -2.48. The van der Waals surface area contributed by atoms with Crippen molar-refractivity contribution in [2.45, 2.75) is 0 Å². The standard InChI is InChI=1S/C14H16FN3O4/c1-17(9-13(20)18-5-6-22-14(18)21)8-12(19)16-11-4-2-3-10(15)7-11/h2-4,7H,5-6,8-9H2,1H3,(H,16,19). The van der Waals surface area contributed by atoms with Gasteiger partial charge in [-0.2, -0.15) is 0 Å². The molecule has 0 radical (unpaired) electrons. The lowest BCUT2D eigenvalue weighted by Gasteiger charge is -2.18. The average molecular weight is 309 g/mol. The highest BCUT2D eigenvalue weighted by Crippen LogP contribution is 2.09. The highest BCUT2D eigenvalue weighted by Gasteiger charge is 2.28. The molecule has 0 unspecified atom stereocenters. The third-order valence-corrected chi connectivity index (χ3v) is 2.99. The summed E-state index contributed by atoms with van der Waals surface area (Å²) >= 11 is 0. The fraction of sp³-hybridized carbons (Fsp3) is 0.357. The summed E-state index contributed by atoms with van der Waals surface area (Å²) in [6.07, 6.45) is -0.664. The molecule has 1 aromatic carbocycles. The fourth-order valence-corrected chi connectivity index (χ4v) is 2.00. The van der Waals surface area contributed by atoms with Crippen LogP contribution in [0.5, 0.6) is 0 Å². The van der Waals surface area contributed by atoms with E-state index in [2.05, 4.69) is 10.1 Å². The maximum atomic E-state index is 13.0. The van der Waals surface area contributed by atoms with Crippen LogP contribution in [-0.4, -0.2) is 61.0 Å². The number of nitrogens with zero attached hydrogens (tertiary/aromatic N) is 2. The number of anilines is 1. The van der Waals surface area contributed by atoms with Crippen LogP contribution in [0.3, 0.4) is 0 Å². The van der Waals surface area contributed by atoms with Gasteiger partial charge in [0.05, 0.1) is 19.6 Å². The van der Waals surface area contributed by atoms with Gasteiger partial charge in [-0.1, -0.05) is 6.07 Å². The van der Waals surface area contributed by atoms with E-state index in [4.69, 9.17) is 0 Å². The first-order valence-electron chi connectivity index (χ1n) is 6.67. The van der Waals surface area contributed by atoms with Gasteiger partial charge in [0.25, 0.3) is 0 Å². The zero-order valence-electron chi connectivity index (χ0n) is 12.0. The first-order chi connectivity index (χ1) is 10.5. The number of nitrogens with one attached hydrogen (secondary N) is 1. The van der Waals surface area contributed by atoms with Crippen molar-refractivity contribution < 1.29 is 23.5 Å². The number of hydrogen-bond acceptors (Lipinski definition) is 5. The summed E-state index contributed by atoms with van der Waals surface area (Å²) in [5.41, 5.74) is 0.341. The van der Waals surface area contributed by atoms with Crippen LogP contribution in [0.2, 0.25) is 0 Å². The number of hydrogen-bond donors (Lipinski definition) is 1. The van der Waals surface area contributed by atoms with Crippen molar-refractivity contribution in [3.8, 4) is 0 Å². The van der Waals surface area contributed by atoms with Crippen LogP contribution >= 0.6 is 0 Å². The van der Waals surface area contributed by atoms with Gasteiger partial charge < -0.3 is 10.1 Å². The van der Waals surface area contributed by atoms with E-state index in [0.717, 1.165) is 4.90 Å². The van der Waals surface area contributed by atoms with Crippen LogP contribution in [0.4, 0.5) is 14.9 Å². The number of ether oxygens (including phenoxy) is 1. The molecular formula is C14H16FN3O4. The molecule has 3 amide bonds. The van der Waals surface area contributed by atoms with Crippen LogP contribution in [0.1, 0.15) is 0 Å². The number of likely N-dealkylation sites (N-methyl/N-ethyl adjacent to an activating group) is 1. The second kappa shape index (κ2) is 6.99. The maximum absolute atomic E-state index is 13.0. The van der Waals surface area contributed by atoms with Gasteiger partial charge in [0.15, 0.2) is 0 Å². The molecule has 118 valence electrons. The number of halogens is 1. The zero-order valence-corrected chi connectivity index (χ0v) is 12.0. The van der Waals surface area contributed by atoms with E-state index < -0.39 is 17.8 Å². The summed E-state index contributed by atoms with van der Waals surface area (Å²) < 4.78 is 17.7. The number of imide groups is 1. The van der Waals surface area contributed by atoms with E-state index in [0.29, 0.717) is 5.69 Å². The van der Waals surface area contributed by atoms with Crippen LogP contribution < -0.4 is 5.32 Å². The Kier molecular flexibility index (Phi) is 5.05. The molecular weight excluding hydrogens is 293 g/mol. The smallest absolute Gasteiger partial charge is 0.416 e. The van der Waals surface area contributed by atoms with Gasteiger partial charge in [-0.3, -0.25) is 14.5 Å². The third-order valence-electron chi connectivity index (χ3n) is 2.99. The Morgan fingerprint density at radius 2 is 2.18 bits per heavy atom. The van der Waals surface area contributed by atoms with Gasteiger partial charge >= 0.3 is 6.09 Å². The predicted octanol–water partition coefficient (Wildman–Crippen LogP) is 0.675. The summed E-state index contributed by atoms with van der Waals surface area (Å²) in [4.78, 5) is 37.4. The van der Waals surface area contributed by atoms with E-state index in [-0.39, 0.29) is 32.1 Å². The molecule has 0 spiro atoms. The van der Waals surface area contributed by atoms with Crippen LogP contribution in [0.15, 0.2) is 24.3 Å². The molecule has 2 rings (SSSR count). The monoisotopic (exact) mass is 309 g/mol. The quantitative estimate of drug-likeness (QED) is 0.865. The summed E-state index contributed by atoms with van der Waals surface area (Å²) in [7, 11) is 1.57. The van der Waals surface area contributed by atoms with Crippen molar-refractivity contribution in [3.05, 3.63) is 30.1 Å². The first-order valence-corrected chi connectivity index (χ1v) is 6.67. The molecule has 22 heavy (non-hydrogen) atoms. The molecule has 8 heteroatoms. The Morgan fingerprint density at radius 1 is 1.41 bits per heavy atom. The van der Waals surface area contributed by atoms with Crippen molar-refractivity contribution in [1.29, 1.82) is 0 Å². The number of amides is 3. The van der Waals surface area contributed by atoms with E-state index in [9.17, 15) is 18.8 Å². The molecule has 1 N–H and O–H groups in total. The normalized spacial score (nSPS) is 14.1. The Bertz CT molecular complexity index is 593. The Labute approximate surface area is 126 Å². The second-order valence-corrected chi connectivity index (χ2v) is 4.89. The highest BCUT2D eigenvalue weighted by atomic mass is 19.1. The van der Waals surface area contributed by atoms with Crippen molar-refractivity contribution in [3.63, 3.8) is 0 Å². The number of benzene rings is 1. The molecule has 1 fully saturated rings. The molecule has 0 aliphatic carbocycles. The van der Waals surface area contributed by atoms with Gasteiger partial charge in [0, 0.05) is 5.69 Å². The Morgan fingerprint density at radius 3 is 2.82 bits per heavy atom. The molecule has 0 aromatic heterocycles. The van der Waals surface area contributed by atoms with E-state index in [1.165, 1.54) is 23.1 Å². The lowest BCUT2D eigenvalue weighted by Crippen LogP contribution is -2.41. The molecule has 0 atom stereocenters. The van der Waals surface area contributed by atoms with Crippen molar-refractivity contribution in [1.82, 2.24) is 9.80 Å². The molecule has 7 nitrogen and oxygen atoms in total. The second-order valence-electron chi connectivity index (χ2n) is 4.89. The minimum absolute atomic E-state index is 0.0643. The summed E-state index contributed by atoms with van der Waals surface area (Å²) in [5, 5.41) is 2.53. The van der Waals surface area contributed by atoms with Crippen molar-refractivity contribution in [2.75, 3.05) is 38.6 Å². The summed E-state index contributed by atoms with van der Waals surface area (Å²) in [5.74, 6) is -1.26.